The van der Waals surface area contributed by atoms with Gasteiger partial charge in [0, 0.05) is 29.3 Å². The summed E-state index contributed by atoms with van der Waals surface area (Å²) in [5.41, 5.74) is 0.621. The van der Waals surface area contributed by atoms with Gasteiger partial charge < -0.3 is 14.4 Å². The Hall–Kier alpha value is -4.34. The summed E-state index contributed by atoms with van der Waals surface area (Å²) < 4.78 is 16.1. The van der Waals surface area contributed by atoms with Crippen molar-refractivity contribution in [3.63, 3.8) is 0 Å². The Morgan fingerprint density at radius 1 is 1.00 bits per heavy atom. The second kappa shape index (κ2) is 9.69. The minimum Gasteiger partial charge on any atom is -0.483 e. The van der Waals surface area contributed by atoms with E-state index in [1.54, 1.807) is 47.4 Å². The number of ketones is 1. The van der Waals surface area contributed by atoms with Crippen LogP contribution in [0.5, 0.6) is 11.5 Å². The van der Waals surface area contributed by atoms with Crippen molar-refractivity contribution in [2.24, 2.45) is 0 Å². The Balaban J connectivity index is 1.59. The molecule has 1 atom stereocenters. The third-order valence-corrected chi connectivity index (χ3v) is 7.48. The van der Waals surface area contributed by atoms with Gasteiger partial charge in [0.2, 0.25) is 0 Å². The van der Waals surface area contributed by atoms with Crippen LogP contribution >= 0.6 is 0 Å². The predicted octanol–water partition coefficient (Wildman–Crippen LogP) is 4.32. The topological polar surface area (TPSA) is 105 Å². The first-order valence-corrected chi connectivity index (χ1v) is 13.4. The van der Waals surface area contributed by atoms with Gasteiger partial charge in [0.05, 0.1) is 12.2 Å². The molecule has 10 nitrogen and oxygen atoms in total. The van der Waals surface area contributed by atoms with E-state index in [1.807, 2.05) is 47.6 Å². The first-order valence-electron chi connectivity index (χ1n) is 13.4. The molecule has 0 radical (unpaired) electrons. The Morgan fingerprint density at radius 3 is 2.25 bits per heavy atom. The van der Waals surface area contributed by atoms with Gasteiger partial charge in [0.25, 0.3) is 0 Å². The number of hydrogen-bond acceptors (Lipinski definition) is 6. The van der Waals surface area contributed by atoms with Gasteiger partial charge >= 0.3 is 17.5 Å². The van der Waals surface area contributed by atoms with Crippen molar-refractivity contribution >= 4 is 11.9 Å². The summed E-state index contributed by atoms with van der Waals surface area (Å²) >= 11 is 0. The second-order valence-corrected chi connectivity index (χ2v) is 11.3. The van der Waals surface area contributed by atoms with Crippen molar-refractivity contribution in [1.29, 1.82) is 0 Å². The molecule has 3 aromatic rings. The van der Waals surface area contributed by atoms with E-state index in [0.29, 0.717) is 28.3 Å². The quantitative estimate of drug-likeness (QED) is 0.349. The smallest absolute Gasteiger partial charge is 0.415 e. The zero-order valence-electron chi connectivity index (χ0n) is 23.8. The second-order valence-electron chi connectivity index (χ2n) is 11.3. The number of benzene rings is 2. The van der Waals surface area contributed by atoms with E-state index < -0.39 is 29.1 Å². The molecule has 210 valence electrons. The molecule has 0 bridgehead atoms. The minimum atomic E-state index is -0.797. The molecular weight excluding hydrogens is 512 g/mol. The highest BCUT2D eigenvalue weighted by Gasteiger charge is 2.44. The highest BCUT2D eigenvalue weighted by molar-refractivity contribution is 5.94. The highest BCUT2D eigenvalue weighted by Crippen LogP contribution is 2.47. The number of Topliss-reactive ketones (excluding diaryl/α,β-unsaturated/α-hetero) is 1. The summed E-state index contributed by atoms with van der Waals surface area (Å²) in [6.45, 7) is 13.2. The fourth-order valence-electron chi connectivity index (χ4n) is 5.68. The summed E-state index contributed by atoms with van der Waals surface area (Å²) in [4.78, 5) is 53.6. The molecule has 40 heavy (non-hydrogen) atoms. The molecule has 0 aliphatic carbocycles. The molecule has 1 unspecified atom stereocenters. The Morgan fingerprint density at radius 2 is 1.65 bits per heavy atom. The maximum atomic E-state index is 13.8. The van der Waals surface area contributed by atoms with Crippen LogP contribution in [0.25, 0.3) is 5.69 Å². The molecule has 0 spiro atoms. The molecule has 0 saturated heterocycles. The van der Waals surface area contributed by atoms with Crippen LogP contribution in [0.15, 0.2) is 63.7 Å². The van der Waals surface area contributed by atoms with E-state index in [4.69, 9.17) is 9.47 Å². The number of hydrogen-bond donors (Lipinski definition) is 0. The molecule has 0 N–H and O–H groups in total. The summed E-state index contributed by atoms with van der Waals surface area (Å²) in [6, 6.07) is 10.8. The summed E-state index contributed by atoms with van der Waals surface area (Å²) in [5.74, 6) is 0.680. The average molecular weight is 547 g/mol. The number of fused-ring (bicyclic) bond motifs is 5. The van der Waals surface area contributed by atoms with E-state index in [9.17, 15) is 19.2 Å². The minimum absolute atomic E-state index is 0.0402. The number of aromatic nitrogens is 3. The third kappa shape index (κ3) is 4.37. The van der Waals surface area contributed by atoms with Crippen molar-refractivity contribution in [2.45, 2.75) is 78.7 Å². The molecule has 5 rings (SSSR count). The predicted molar refractivity (Wildman–Crippen MR) is 150 cm³/mol. The van der Waals surface area contributed by atoms with E-state index in [1.165, 1.54) is 16.3 Å². The molecule has 10 heteroatoms. The summed E-state index contributed by atoms with van der Waals surface area (Å²) in [7, 11) is 0. The lowest BCUT2D eigenvalue weighted by Gasteiger charge is -2.42. The van der Waals surface area contributed by atoms with Gasteiger partial charge in [-0.3, -0.25) is 4.79 Å². The zero-order chi connectivity index (χ0) is 29.1. The standard InChI is InChI=1S/C30H34N4O6/c1-17(2)32(18(3)4)29(38)39-22-12-13-23-25(16-22)40-30(6,7)24-14-15-31-27(36)33(28(37)34(31)26(23)24)21-10-8-20(9-11-21)19(5)35/h8-14,16-18,26H,15H2,1-7H3. The van der Waals surface area contributed by atoms with Gasteiger partial charge in [-0.1, -0.05) is 6.08 Å². The van der Waals surface area contributed by atoms with Crippen LogP contribution in [0, 0.1) is 0 Å². The van der Waals surface area contributed by atoms with Crippen LogP contribution in [0.2, 0.25) is 0 Å². The van der Waals surface area contributed by atoms with Gasteiger partial charge in [0.1, 0.15) is 23.1 Å². The van der Waals surface area contributed by atoms with Gasteiger partial charge in [-0.05, 0) is 90.4 Å². The molecule has 3 heterocycles. The number of carbonyl (C=O) groups excluding carboxylic acids is 2. The molecular formula is C30H34N4O6. The van der Waals surface area contributed by atoms with Crippen LogP contribution in [-0.4, -0.2) is 48.4 Å². The fraction of sp³-hybridized carbons (Fsp3) is 0.400. The number of ether oxygens (including phenoxy) is 2. The Labute approximate surface area is 232 Å². The van der Waals surface area contributed by atoms with Crippen molar-refractivity contribution in [3.8, 4) is 17.2 Å². The van der Waals surface area contributed by atoms with Crippen molar-refractivity contribution in [2.75, 3.05) is 0 Å². The molecule has 1 aromatic heterocycles. The van der Waals surface area contributed by atoms with Crippen LogP contribution in [0.3, 0.4) is 0 Å². The van der Waals surface area contributed by atoms with Gasteiger partial charge in [-0.2, -0.15) is 0 Å². The monoisotopic (exact) mass is 546 g/mol. The van der Waals surface area contributed by atoms with E-state index >= 15 is 0 Å². The number of amides is 1. The maximum absolute atomic E-state index is 13.8. The van der Waals surface area contributed by atoms with Gasteiger partial charge in [-0.25, -0.2) is 28.3 Å². The van der Waals surface area contributed by atoms with Crippen LogP contribution < -0.4 is 20.9 Å². The van der Waals surface area contributed by atoms with Crippen LogP contribution in [0.4, 0.5) is 4.79 Å². The van der Waals surface area contributed by atoms with E-state index in [0.717, 1.165) is 10.1 Å². The normalized spacial score (nSPS) is 16.9. The van der Waals surface area contributed by atoms with Gasteiger partial charge in [-0.15, -0.1) is 0 Å². The lowest BCUT2D eigenvalue weighted by atomic mass is 9.83. The number of rotatable bonds is 5. The zero-order valence-corrected chi connectivity index (χ0v) is 23.8. The molecule has 1 amide bonds. The highest BCUT2D eigenvalue weighted by atomic mass is 16.6. The van der Waals surface area contributed by atoms with Crippen molar-refractivity contribution in [3.05, 3.63) is 86.2 Å². The largest absolute Gasteiger partial charge is 0.483 e. The molecule has 2 aromatic carbocycles. The first-order chi connectivity index (χ1) is 18.8. The summed E-state index contributed by atoms with van der Waals surface area (Å²) in [6.07, 6.45) is 1.46. The Bertz CT molecular complexity index is 1640. The molecule has 0 fully saturated rings. The first kappa shape index (κ1) is 27.2. The van der Waals surface area contributed by atoms with E-state index in [2.05, 4.69) is 0 Å². The fourth-order valence-corrected chi connectivity index (χ4v) is 5.68. The number of carbonyl (C=O) groups is 2. The maximum Gasteiger partial charge on any atom is 0.415 e. The number of allylic oxidation sites excluding steroid dienone is 1. The van der Waals surface area contributed by atoms with Gasteiger partial charge in [0.15, 0.2) is 5.78 Å². The lowest BCUT2D eigenvalue weighted by molar-refractivity contribution is 0.101. The number of nitrogens with zero attached hydrogens (tertiary/aromatic N) is 4. The van der Waals surface area contributed by atoms with Crippen LogP contribution in [-0.2, 0) is 6.54 Å². The molecule has 2 aliphatic rings. The SMILES string of the molecule is CC(=O)c1ccc(-n2c(=O)n3n(c2=O)C2C(=CC3)C(C)(C)Oc3cc(OC(=O)N(C(C)C)C(C)C)ccc32)cc1. The molecule has 0 saturated carbocycles. The average Bonchev–Trinajstić information content (AvgIpc) is 3.12. The summed E-state index contributed by atoms with van der Waals surface area (Å²) in [5, 5.41) is 0. The van der Waals surface area contributed by atoms with Crippen molar-refractivity contribution < 1.29 is 19.1 Å². The van der Waals surface area contributed by atoms with Crippen LogP contribution in [0.1, 0.15) is 70.4 Å². The van der Waals surface area contributed by atoms with E-state index in [-0.39, 0.29) is 24.4 Å². The van der Waals surface area contributed by atoms with Crippen molar-refractivity contribution in [1.82, 2.24) is 18.8 Å². The third-order valence-electron chi connectivity index (χ3n) is 7.48. The lowest BCUT2D eigenvalue weighted by Crippen LogP contribution is -2.46. The Kier molecular flexibility index (Phi) is 6.60. The molecule has 2 aliphatic heterocycles.